The molecule has 35 heavy (non-hydrogen) atoms. The quantitative estimate of drug-likeness (QED) is 0.383. The van der Waals surface area contributed by atoms with Crippen LogP contribution in [0.4, 0.5) is 0 Å². The molecule has 0 radical (unpaired) electrons. The lowest BCUT2D eigenvalue weighted by atomic mass is 10.2. The van der Waals surface area contributed by atoms with Crippen LogP contribution in [0, 0.1) is 0 Å². The largest absolute Gasteiger partial charge is 0.493 e. The molecule has 2 aromatic rings. The first-order chi connectivity index (χ1) is 16.8. The molecule has 0 atom stereocenters. The first kappa shape index (κ1) is 26.5. The molecule has 0 bridgehead atoms. The number of carbonyl (C=O) groups is 3. The highest BCUT2D eigenvalue weighted by atomic mass is 35.5. The van der Waals surface area contributed by atoms with Crippen LogP contribution in [0.15, 0.2) is 47.4 Å². The molecule has 8 nitrogen and oxygen atoms in total. The van der Waals surface area contributed by atoms with E-state index in [1.807, 2.05) is 13.8 Å². The van der Waals surface area contributed by atoms with E-state index in [1.165, 1.54) is 13.2 Å². The minimum Gasteiger partial charge on any atom is -0.493 e. The van der Waals surface area contributed by atoms with Crippen molar-refractivity contribution in [1.29, 1.82) is 0 Å². The highest BCUT2D eigenvalue weighted by molar-refractivity contribution is 8.26. The lowest BCUT2D eigenvalue weighted by Crippen LogP contribution is -2.44. The zero-order valence-electron chi connectivity index (χ0n) is 19.4. The number of carbonyl (C=O) groups excluding carboxylic acids is 3. The fraction of sp³-hybridized carbons (Fsp3) is 0.250. The minimum atomic E-state index is -0.507. The van der Waals surface area contributed by atoms with Gasteiger partial charge in [-0.1, -0.05) is 35.5 Å². The van der Waals surface area contributed by atoms with Gasteiger partial charge in [0.1, 0.15) is 0 Å². The Hall–Kier alpha value is -3.08. The van der Waals surface area contributed by atoms with Crippen LogP contribution in [0.3, 0.4) is 0 Å². The van der Waals surface area contributed by atoms with Crippen LogP contribution in [-0.4, -0.2) is 58.8 Å². The molecule has 1 heterocycles. The van der Waals surface area contributed by atoms with E-state index < -0.39 is 11.8 Å². The van der Waals surface area contributed by atoms with Crippen molar-refractivity contribution in [2.75, 3.05) is 26.8 Å². The standard InChI is InChI=1S/C24H24ClN3O5S2/c1-4-27(5-2)21(29)14-33-18-10-9-15(11-19(18)32-3)12-20-23(31)28(24(34)35-20)26-22(30)16-7-6-8-17(25)13-16/h6-13H,4-5,14H2,1-3H3,(H,26,30)/b20-12+. The second kappa shape index (κ2) is 12.1. The van der Waals surface area contributed by atoms with Crippen molar-refractivity contribution in [3.63, 3.8) is 0 Å². The normalized spacial score (nSPS) is 14.3. The van der Waals surface area contributed by atoms with Crippen molar-refractivity contribution in [1.82, 2.24) is 15.3 Å². The Labute approximate surface area is 218 Å². The van der Waals surface area contributed by atoms with Gasteiger partial charge < -0.3 is 14.4 Å². The first-order valence-corrected chi connectivity index (χ1v) is 12.3. The number of nitrogens with zero attached hydrogens (tertiary/aromatic N) is 2. The number of halogens is 1. The van der Waals surface area contributed by atoms with Crippen molar-refractivity contribution in [3.05, 3.63) is 63.5 Å². The Balaban J connectivity index is 1.72. The van der Waals surface area contributed by atoms with E-state index in [-0.39, 0.29) is 16.8 Å². The molecular formula is C24H24ClN3O5S2. The van der Waals surface area contributed by atoms with E-state index in [0.29, 0.717) is 45.6 Å². The van der Waals surface area contributed by atoms with Gasteiger partial charge in [0, 0.05) is 23.7 Å². The number of hydrogen-bond donors (Lipinski definition) is 1. The number of rotatable bonds is 9. The van der Waals surface area contributed by atoms with Gasteiger partial charge in [-0.15, -0.1) is 0 Å². The molecule has 3 amide bonds. The van der Waals surface area contributed by atoms with E-state index >= 15 is 0 Å². The van der Waals surface area contributed by atoms with Crippen molar-refractivity contribution >= 4 is 63.7 Å². The number of thiocarbonyl (C=S) groups is 1. The van der Waals surface area contributed by atoms with Gasteiger partial charge in [-0.05, 0) is 68.0 Å². The number of benzene rings is 2. The van der Waals surface area contributed by atoms with Crippen LogP contribution in [0.1, 0.15) is 29.8 Å². The fourth-order valence-corrected chi connectivity index (χ4v) is 4.58. The summed E-state index contributed by atoms with van der Waals surface area (Å²) in [4.78, 5) is 39.6. The number of amides is 3. The van der Waals surface area contributed by atoms with E-state index in [1.54, 1.807) is 47.4 Å². The van der Waals surface area contributed by atoms with Crippen LogP contribution in [0.25, 0.3) is 6.08 Å². The van der Waals surface area contributed by atoms with Gasteiger partial charge in [0.25, 0.3) is 17.7 Å². The van der Waals surface area contributed by atoms with Gasteiger partial charge in [-0.25, -0.2) is 0 Å². The van der Waals surface area contributed by atoms with Gasteiger partial charge in [0.15, 0.2) is 22.4 Å². The molecule has 3 rings (SSSR count). The average molecular weight is 534 g/mol. The molecule has 1 saturated heterocycles. The second-order valence-corrected chi connectivity index (χ2v) is 9.35. The summed E-state index contributed by atoms with van der Waals surface area (Å²) in [6.07, 6.45) is 1.64. The summed E-state index contributed by atoms with van der Waals surface area (Å²) in [7, 11) is 1.49. The highest BCUT2D eigenvalue weighted by Gasteiger charge is 2.34. The lowest BCUT2D eigenvalue weighted by molar-refractivity contribution is -0.133. The monoisotopic (exact) mass is 533 g/mol. The molecule has 0 spiro atoms. The van der Waals surface area contributed by atoms with Crippen molar-refractivity contribution in [2.24, 2.45) is 0 Å². The Morgan fingerprint density at radius 2 is 1.91 bits per heavy atom. The second-order valence-electron chi connectivity index (χ2n) is 7.23. The summed E-state index contributed by atoms with van der Waals surface area (Å²) in [5.74, 6) is -0.265. The number of methoxy groups -OCH3 is 1. The lowest BCUT2D eigenvalue weighted by Gasteiger charge is -2.19. The summed E-state index contributed by atoms with van der Waals surface area (Å²) in [6, 6.07) is 11.5. The maximum Gasteiger partial charge on any atom is 0.285 e. The third-order valence-electron chi connectivity index (χ3n) is 5.05. The van der Waals surface area contributed by atoms with Crippen LogP contribution in [0.2, 0.25) is 5.02 Å². The van der Waals surface area contributed by atoms with Crippen LogP contribution >= 0.6 is 35.6 Å². The predicted octanol–water partition coefficient (Wildman–Crippen LogP) is 4.14. The Bertz CT molecular complexity index is 1180. The number of likely N-dealkylation sites (N-methyl/N-ethyl adjacent to an activating group) is 1. The van der Waals surface area contributed by atoms with Gasteiger partial charge in [0.05, 0.1) is 12.0 Å². The predicted molar refractivity (Wildman–Crippen MR) is 140 cm³/mol. The van der Waals surface area contributed by atoms with Gasteiger partial charge >= 0.3 is 0 Å². The zero-order valence-corrected chi connectivity index (χ0v) is 21.8. The molecule has 0 saturated carbocycles. The van der Waals surface area contributed by atoms with Gasteiger partial charge in [0.2, 0.25) is 0 Å². The van der Waals surface area contributed by atoms with Gasteiger partial charge in [-0.2, -0.15) is 5.01 Å². The maximum atomic E-state index is 12.9. The average Bonchev–Trinajstić information content (AvgIpc) is 3.11. The summed E-state index contributed by atoms with van der Waals surface area (Å²) in [5, 5.41) is 1.43. The minimum absolute atomic E-state index is 0.109. The molecule has 1 aliphatic rings. The van der Waals surface area contributed by atoms with E-state index in [2.05, 4.69) is 5.43 Å². The van der Waals surface area contributed by atoms with Crippen LogP contribution in [0.5, 0.6) is 11.5 Å². The van der Waals surface area contributed by atoms with Crippen LogP contribution < -0.4 is 14.9 Å². The molecule has 2 aromatic carbocycles. The zero-order chi connectivity index (χ0) is 25.5. The number of nitrogens with one attached hydrogen (secondary N) is 1. The van der Waals surface area contributed by atoms with E-state index in [0.717, 1.165) is 16.8 Å². The smallest absolute Gasteiger partial charge is 0.285 e. The summed E-state index contributed by atoms with van der Waals surface area (Å²) < 4.78 is 11.2. The third kappa shape index (κ3) is 6.53. The first-order valence-electron chi connectivity index (χ1n) is 10.7. The molecular weight excluding hydrogens is 510 g/mol. The number of hydrogen-bond acceptors (Lipinski definition) is 7. The van der Waals surface area contributed by atoms with Crippen molar-refractivity contribution in [2.45, 2.75) is 13.8 Å². The van der Waals surface area contributed by atoms with Crippen molar-refractivity contribution in [3.8, 4) is 11.5 Å². The molecule has 0 aromatic heterocycles. The number of thioether (sulfide) groups is 1. The fourth-order valence-electron chi connectivity index (χ4n) is 3.21. The van der Waals surface area contributed by atoms with E-state index in [9.17, 15) is 14.4 Å². The topological polar surface area (TPSA) is 88.2 Å². The summed E-state index contributed by atoms with van der Waals surface area (Å²) in [5.41, 5.74) is 3.48. The molecule has 184 valence electrons. The molecule has 1 aliphatic heterocycles. The third-order valence-corrected chi connectivity index (χ3v) is 6.58. The van der Waals surface area contributed by atoms with Crippen molar-refractivity contribution < 1.29 is 23.9 Å². The number of ether oxygens (including phenoxy) is 2. The van der Waals surface area contributed by atoms with Crippen LogP contribution in [-0.2, 0) is 9.59 Å². The molecule has 1 N–H and O–H groups in total. The maximum absolute atomic E-state index is 12.9. The SMILES string of the molecule is CCN(CC)C(=O)COc1ccc(/C=C2/SC(=S)N(NC(=O)c3cccc(Cl)c3)C2=O)cc1OC. The summed E-state index contributed by atoms with van der Waals surface area (Å²) >= 11 is 12.3. The Morgan fingerprint density at radius 3 is 2.57 bits per heavy atom. The van der Waals surface area contributed by atoms with E-state index in [4.69, 9.17) is 33.3 Å². The van der Waals surface area contributed by atoms with Gasteiger partial charge in [-0.3, -0.25) is 19.8 Å². The molecule has 11 heteroatoms. The molecule has 0 aliphatic carbocycles. The molecule has 1 fully saturated rings. The highest BCUT2D eigenvalue weighted by Crippen LogP contribution is 2.34. The Kier molecular flexibility index (Phi) is 9.13. The number of hydrazine groups is 1. The molecule has 0 unspecified atom stereocenters. The summed E-state index contributed by atoms with van der Waals surface area (Å²) in [6.45, 7) is 4.91. The Morgan fingerprint density at radius 1 is 1.17 bits per heavy atom.